The smallest absolute Gasteiger partial charge is 0.326 e. The SMILES string of the molecule is CC(C)(C)OC(=O)C1CCC(N(C2CCCCC2)C2CN(N)C(=O)C(O)N3CCCC3OC2=O)CC1. The number of esters is 2. The molecule has 0 aromatic heterocycles. The summed E-state index contributed by atoms with van der Waals surface area (Å²) in [4.78, 5) is 43.0. The molecule has 2 saturated heterocycles. The lowest BCUT2D eigenvalue weighted by Crippen LogP contribution is -2.60. The maximum absolute atomic E-state index is 13.6. The van der Waals surface area contributed by atoms with Crippen LogP contribution in [-0.2, 0) is 23.9 Å². The number of nitrogens with zero attached hydrogens (tertiary/aromatic N) is 3. The van der Waals surface area contributed by atoms with Crippen molar-refractivity contribution in [2.75, 3.05) is 13.1 Å². The number of fused-ring (bicyclic) bond motifs is 1. The number of amides is 1. The summed E-state index contributed by atoms with van der Waals surface area (Å²) in [6.45, 7) is 6.09. The van der Waals surface area contributed by atoms with Crippen LogP contribution in [0.25, 0.3) is 0 Å². The molecule has 4 fully saturated rings. The van der Waals surface area contributed by atoms with Crippen molar-refractivity contribution in [2.24, 2.45) is 11.8 Å². The Balaban J connectivity index is 1.55. The Morgan fingerprint density at radius 3 is 2.28 bits per heavy atom. The number of nitrogens with two attached hydrogens (primary N) is 1. The fourth-order valence-electron chi connectivity index (χ4n) is 6.42. The molecule has 0 bridgehead atoms. The number of hydrogen-bond acceptors (Lipinski definition) is 9. The molecule has 2 aliphatic heterocycles. The molecule has 204 valence electrons. The van der Waals surface area contributed by atoms with Crippen LogP contribution in [0.1, 0.15) is 91.4 Å². The van der Waals surface area contributed by atoms with E-state index in [4.69, 9.17) is 15.3 Å². The highest BCUT2D eigenvalue weighted by Gasteiger charge is 2.46. The van der Waals surface area contributed by atoms with Gasteiger partial charge < -0.3 is 14.6 Å². The van der Waals surface area contributed by atoms with Gasteiger partial charge in [0.15, 0.2) is 12.5 Å². The van der Waals surface area contributed by atoms with Crippen LogP contribution in [0.2, 0.25) is 0 Å². The average molecular weight is 509 g/mol. The van der Waals surface area contributed by atoms with Crippen molar-refractivity contribution in [1.29, 1.82) is 0 Å². The monoisotopic (exact) mass is 508 g/mol. The first-order valence-corrected chi connectivity index (χ1v) is 13.8. The van der Waals surface area contributed by atoms with E-state index in [1.165, 1.54) is 11.3 Å². The number of carbonyl (C=O) groups is 3. The van der Waals surface area contributed by atoms with E-state index in [1.54, 1.807) is 0 Å². The van der Waals surface area contributed by atoms with Gasteiger partial charge in [-0.25, -0.2) is 10.7 Å². The fourth-order valence-corrected chi connectivity index (χ4v) is 6.42. The molecule has 2 saturated carbocycles. The molecule has 4 aliphatic rings. The molecule has 3 atom stereocenters. The zero-order chi connectivity index (χ0) is 26.0. The number of aliphatic hydroxyl groups is 1. The molecular weight excluding hydrogens is 464 g/mol. The molecule has 0 aromatic rings. The van der Waals surface area contributed by atoms with Crippen LogP contribution in [0.3, 0.4) is 0 Å². The second-order valence-electron chi connectivity index (χ2n) is 11.9. The molecule has 3 N–H and O–H groups in total. The topological polar surface area (TPSA) is 126 Å². The normalized spacial score (nSPS) is 33.5. The Morgan fingerprint density at radius 2 is 1.64 bits per heavy atom. The quantitative estimate of drug-likeness (QED) is 0.333. The van der Waals surface area contributed by atoms with Gasteiger partial charge in [-0.1, -0.05) is 19.3 Å². The highest BCUT2D eigenvalue weighted by Crippen LogP contribution is 2.36. The van der Waals surface area contributed by atoms with E-state index in [2.05, 4.69) is 4.90 Å². The lowest BCUT2D eigenvalue weighted by atomic mass is 9.82. The number of carbonyl (C=O) groups excluding carboxylic acids is 3. The lowest BCUT2D eigenvalue weighted by molar-refractivity contribution is -0.175. The van der Waals surface area contributed by atoms with Crippen molar-refractivity contribution in [2.45, 2.75) is 128 Å². The molecule has 4 rings (SSSR count). The van der Waals surface area contributed by atoms with Gasteiger partial charge in [0, 0.05) is 18.6 Å². The molecule has 1 amide bonds. The van der Waals surface area contributed by atoms with E-state index >= 15 is 0 Å². The summed E-state index contributed by atoms with van der Waals surface area (Å²) in [6, 6.07) is -0.440. The Labute approximate surface area is 214 Å². The molecule has 0 spiro atoms. The van der Waals surface area contributed by atoms with Gasteiger partial charge in [-0.15, -0.1) is 0 Å². The van der Waals surface area contributed by atoms with E-state index in [1.807, 2.05) is 20.8 Å². The molecule has 36 heavy (non-hydrogen) atoms. The second kappa shape index (κ2) is 11.3. The minimum Gasteiger partial charge on any atom is -0.460 e. The van der Waals surface area contributed by atoms with Crippen LogP contribution >= 0.6 is 0 Å². The molecule has 0 aromatic carbocycles. The first-order chi connectivity index (χ1) is 17.0. The summed E-state index contributed by atoms with van der Waals surface area (Å²) in [5.74, 6) is 4.87. The van der Waals surface area contributed by atoms with Gasteiger partial charge in [0.25, 0.3) is 5.91 Å². The Morgan fingerprint density at radius 1 is 1.00 bits per heavy atom. The lowest BCUT2D eigenvalue weighted by Gasteiger charge is -2.46. The van der Waals surface area contributed by atoms with E-state index in [9.17, 15) is 19.5 Å². The highest BCUT2D eigenvalue weighted by atomic mass is 16.6. The minimum absolute atomic E-state index is 0.0300. The van der Waals surface area contributed by atoms with Gasteiger partial charge in [0.05, 0.1) is 12.5 Å². The standard InChI is InChI=1S/C26H44N4O6/c1-26(2,3)36-24(33)17-11-13-19(14-12-17)30(18-8-5-4-6-9-18)20-16-29(27)23(32)22(31)28-15-7-10-21(28)35-25(20)34/h17-22,31H,4-16,27H2,1-3H3. The molecule has 10 heteroatoms. The summed E-state index contributed by atoms with van der Waals surface area (Å²) in [5.41, 5.74) is -0.515. The van der Waals surface area contributed by atoms with Gasteiger partial charge in [0.1, 0.15) is 11.6 Å². The summed E-state index contributed by atoms with van der Waals surface area (Å²) in [6.07, 6.45) is 7.53. The maximum Gasteiger partial charge on any atom is 0.326 e. The predicted molar refractivity (Wildman–Crippen MR) is 132 cm³/mol. The first-order valence-electron chi connectivity index (χ1n) is 13.8. The highest BCUT2D eigenvalue weighted by molar-refractivity contribution is 5.82. The molecular formula is C26H44N4O6. The Kier molecular flexibility index (Phi) is 8.59. The van der Waals surface area contributed by atoms with E-state index in [0.717, 1.165) is 50.0 Å². The van der Waals surface area contributed by atoms with Crippen LogP contribution in [0.5, 0.6) is 0 Å². The summed E-state index contributed by atoms with van der Waals surface area (Å²) in [7, 11) is 0. The molecule has 2 aliphatic carbocycles. The maximum atomic E-state index is 13.6. The summed E-state index contributed by atoms with van der Waals surface area (Å²) in [5, 5.41) is 11.6. The van der Waals surface area contributed by atoms with E-state index < -0.39 is 30.0 Å². The zero-order valence-corrected chi connectivity index (χ0v) is 22.1. The van der Waals surface area contributed by atoms with Crippen molar-refractivity contribution in [3.05, 3.63) is 0 Å². The number of ether oxygens (including phenoxy) is 2. The van der Waals surface area contributed by atoms with Crippen LogP contribution in [-0.4, -0.2) is 87.0 Å². The number of hydrogen-bond donors (Lipinski definition) is 2. The Hall–Kier alpha value is -1.75. The largest absolute Gasteiger partial charge is 0.460 e. The van der Waals surface area contributed by atoms with Crippen molar-refractivity contribution < 1.29 is 29.0 Å². The number of aliphatic hydroxyl groups excluding tert-OH is 1. The minimum atomic E-state index is -1.42. The van der Waals surface area contributed by atoms with Crippen molar-refractivity contribution >= 4 is 17.8 Å². The summed E-state index contributed by atoms with van der Waals surface area (Å²) >= 11 is 0. The third-order valence-electron chi connectivity index (χ3n) is 8.16. The fraction of sp³-hybridized carbons (Fsp3) is 0.885. The zero-order valence-electron chi connectivity index (χ0n) is 22.1. The van der Waals surface area contributed by atoms with Gasteiger partial charge in [0.2, 0.25) is 0 Å². The third kappa shape index (κ3) is 6.20. The van der Waals surface area contributed by atoms with Gasteiger partial charge in [-0.3, -0.25) is 24.3 Å². The third-order valence-corrected chi connectivity index (χ3v) is 8.16. The average Bonchev–Trinajstić information content (AvgIpc) is 3.30. The molecule has 0 radical (unpaired) electrons. The number of rotatable bonds is 4. The van der Waals surface area contributed by atoms with Crippen LogP contribution in [0, 0.1) is 5.92 Å². The van der Waals surface area contributed by atoms with Crippen molar-refractivity contribution in [3.8, 4) is 0 Å². The predicted octanol–water partition coefficient (Wildman–Crippen LogP) is 1.89. The van der Waals surface area contributed by atoms with E-state index in [0.29, 0.717) is 25.8 Å². The second-order valence-corrected chi connectivity index (χ2v) is 11.9. The van der Waals surface area contributed by atoms with Crippen LogP contribution in [0.4, 0.5) is 0 Å². The van der Waals surface area contributed by atoms with Gasteiger partial charge >= 0.3 is 11.9 Å². The molecule has 3 unspecified atom stereocenters. The number of hydrazine groups is 1. The van der Waals surface area contributed by atoms with Crippen molar-refractivity contribution in [3.63, 3.8) is 0 Å². The summed E-state index contributed by atoms with van der Waals surface area (Å²) < 4.78 is 11.6. The Bertz CT molecular complexity index is 803. The van der Waals surface area contributed by atoms with Crippen LogP contribution < -0.4 is 5.84 Å². The van der Waals surface area contributed by atoms with Gasteiger partial charge in [-0.2, -0.15) is 0 Å². The van der Waals surface area contributed by atoms with Gasteiger partial charge in [-0.05, 0) is 72.1 Å². The van der Waals surface area contributed by atoms with E-state index in [-0.39, 0.29) is 36.5 Å². The molecule has 2 heterocycles. The molecule has 10 nitrogen and oxygen atoms in total. The first kappa shape index (κ1) is 27.3. The van der Waals surface area contributed by atoms with Crippen LogP contribution in [0.15, 0.2) is 0 Å². The van der Waals surface area contributed by atoms with Crippen molar-refractivity contribution in [1.82, 2.24) is 14.8 Å².